The van der Waals surface area contributed by atoms with Crippen LogP contribution in [0.4, 0.5) is 0 Å². The highest BCUT2D eigenvalue weighted by molar-refractivity contribution is 5.89. The molecule has 16 heavy (non-hydrogen) atoms. The van der Waals surface area contributed by atoms with Crippen LogP contribution < -0.4 is 0 Å². The van der Waals surface area contributed by atoms with Crippen molar-refractivity contribution in [3.05, 3.63) is 51.7 Å². The molecule has 0 aliphatic heterocycles. The molecule has 0 fully saturated rings. The van der Waals surface area contributed by atoms with Crippen molar-refractivity contribution < 1.29 is 14.5 Å². The minimum atomic E-state index is -0.542. The number of hydrogen-bond donors (Lipinski definition) is 0. The van der Waals surface area contributed by atoms with Gasteiger partial charge < -0.3 is 4.74 Å². The molecular formula is C11H11NO4. The van der Waals surface area contributed by atoms with Gasteiger partial charge in [0.05, 0.1) is 17.1 Å². The van der Waals surface area contributed by atoms with E-state index in [1.54, 1.807) is 31.2 Å². The molecule has 0 unspecified atom stereocenters. The van der Waals surface area contributed by atoms with Crippen molar-refractivity contribution in [3.8, 4) is 0 Å². The molecule has 5 heteroatoms. The van der Waals surface area contributed by atoms with Crippen LogP contribution in [0.15, 0.2) is 30.5 Å². The Hall–Kier alpha value is -2.17. The van der Waals surface area contributed by atoms with E-state index in [9.17, 15) is 14.9 Å². The van der Waals surface area contributed by atoms with Crippen molar-refractivity contribution in [2.24, 2.45) is 0 Å². The van der Waals surface area contributed by atoms with Crippen LogP contribution >= 0.6 is 0 Å². The summed E-state index contributed by atoms with van der Waals surface area (Å²) in [6.45, 7) is 2.05. The van der Waals surface area contributed by atoms with Crippen LogP contribution in [0.2, 0.25) is 0 Å². The van der Waals surface area contributed by atoms with Gasteiger partial charge >= 0.3 is 5.97 Å². The number of rotatable bonds is 4. The summed E-state index contributed by atoms with van der Waals surface area (Å²) in [5.74, 6) is -0.396. The van der Waals surface area contributed by atoms with Gasteiger partial charge in [0.25, 0.3) is 0 Å². The summed E-state index contributed by atoms with van der Waals surface area (Å²) in [5.41, 5.74) is 1.09. The van der Waals surface area contributed by atoms with Crippen LogP contribution in [0.25, 0.3) is 6.08 Å². The lowest BCUT2D eigenvalue weighted by Crippen LogP contribution is -2.03. The number of esters is 1. The predicted molar refractivity (Wildman–Crippen MR) is 58.4 cm³/mol. The summed E-state index contributed by atoms with van der Waals surface area (Å²) < 4.78 is 4.80. The van der Waals surface area contributed by atoms with Gasteiger partial charge in [-0.15, -0.1) is 0 Å². The van der Waals surface area contributed by atoms with Crippen LogP contribution in [0.1, 0.15) is 22.8 Å². The fraction of sp³-hybridized carbons (Fsp3) is 0.182. The molecule has 1 aromatic rings. The van der Waals surface area contributed by atoms with Crippen LogP contribution in [0, 0.1) is 10.1 Å². The van der Waals surface area contributed by atoms with E-state index >= 15 is 0 Å². The van der Waals surface area contributed by atoms with Crippen LogP contribution in [-0.2, 0) is 4.74 Å². The van der Waals surface area contributed by atoms with E-state index in [-0.39, 0.29) is 0 Å². The Bertz CT molecular complexity index is 408. The summed E-state index contributed by atoms with van der Waals surface area (Å²) in [5, 5.41) is 10.1. The Morgan fingerprint density at radius 2 is 2.06 bits per heavy atom. The van der Waals surface area contributed by atoms with E-state index < -0.39 is 10.9 Å². The highest BCUT2D eigenvalue weighted by Gasteiger charge is 2.04. The maximum atomic E-state index is 11.3. The number of nitro groups is 1. The number of ether oxygens (including phenoxy) is 1. The third kappa shape index (κ3) is 3.53. The van der Waals surface area contributed by atoms with E-state index in [0.717, 1.165) is 6.20 Å². The summed E-state index contributed by atoms with van der Waals surface area (Å²) in [4.78, 5) is 20.8. The number of hydrogen-bond acceptors (Lipinski definition) is 4. The standard InChI is InChI=1S/C11H11NO4/c1-2-16-11(13)10-5-3-9(4-6-10)7-8-12(14)15/h3-8H,2H2,1H3. The van der Waals surface area contributed by atoms with Crippen molar-refractivity contribution in [3.63, 3.8) is 0 Å². The van der Waals surface area contributed by atoms with Gasteiger partial charge in [-0.1, -0.05) is 12.1 Å². The van der Waals surface area contributed by atoms with Gasteiger partial charge in [0.1, 0.15) is 0 Å². The van der Waals surface area contributed by atoms with E-state index in [4.69, 9.17) is 4.74 Å². The Balaban J connectivity index is 2.75. The third-order valence-electron chi connectivity index (χ3n) is 1.81. The molecule has 0 aliphatic rings. The molecule has 0 aromatic heterocycles. The average Bonchev–Trinajstić information content (AvgIpc) is 2.27. The minimum absolute atomic E-state index is 0.321. The molecule has 0 amide bonds. The minimum Gasteiger partial charge on any atom is -0.462 e. The predicted octanol–water partition coefficient (Wildman–Crippen LogP) is 2.11. The largest absolute Gasteiger partial charge is 0.462 e. The van der Waals surface area contributed by atoms with Crippen LogP contribution in [0.3, 0.4) is 0 Å². The van der Waals surface area contributed by atoms with Crippen molar-refractivity contribution >= 4 is 12.0 Å². The third-order valence-corrected chi connectivity index (χ3v) is 1.81. The number of nitrogens with zero attached hydrogens (tertiary/aromatic N) is 1. The fourth-order valence-corrected chi connectivity index (χ4v) is 1.09. The molecule has 0 radical (unpaired) electrons. The zero-order chi connectivity index (χ0) is 12.0. The summed E-state index contributed by atoms with van der Waals surface area (Å²) in [6.07, 6.45) is 2.20. The van der Waals surface area contributed by atoms with Gasteiger partial charge in [0, 0.05) is 6.08 Å². The summed E-state index contributed by atoms with van der Waals surface area (Å²) in [7, 11) is 0. The molecule has 1 aromatic carbocycles. The zero-order valence-corrected chi connectivity index (χ0v) is 8.75. The highest BCUT2D eigenvalue weighted by atomic mass is 16.6. The average molecular weight is 221 g/mol. The van der Waals surface area contributed by atoms with Gasteiger partial charge in [0.2, 0.25) is 6.20 Å². The lowest BCUT2D eigenvalue weighted by atomic mass is 10.1. The monoisotopic (exact) mass is 221 g/mol. The maximum Gasteiger partial charge on any atom is 0.338 e. The topological polar surface area (TPSA) is 69.4 Å². The van der Waals surface area contributed by atoms with E-state index in [0.29, 0.717) is 17.7 Å². The smallest absolute Gasteiger partial charge is 0.338 e. The molecule has 0 heterocycles. The van der Waals surface area contributed by atoms with Gasteiger partial charge in [0.15, 0.2) is 0 Å². The van der Waals surface area contributed by atoms with Crippen molar-refractivity contribution in [2.75, 3.05) is 6.61 Å². The van der Waals surface area contributed by atoms with Gasteiger partial charge in [-0.2, -0.15) is 0 Å². The second-order valence-electron chi connectivity index (χ2n) is 2.94. The Morgan fingerprint density at radius 1 is 1.44 bits per heavy atom. The first-order valence-electron chi connectivity index (χ1n) is 4.72. The molecule has 0 aliphatic carbocycles. The number of carbonyl (C=O) groups excluding carboxylic acids is 1. The molecule has 1 rings (SSSR count). The lowest BCUT2D eigenvalue weighted by Gasteiger charge is -2.01. The Morgan fingerprint density at radius 3 is 2.56 bits per heavy atom. The van der Waals surface area contributed by atoms with Crippen LogP contribution in [0.5, 0.6) is 0 Å². The molecule has 0 bridgehead atoms. The molecular weight excluding hydrogens is 210 g/mol. The lowest BCUT2D eigenvalue weighted by molar-refractivity contribution is -0.400. The fourth-order valence-electron chi connectivity index (χ4n) is 1.09. The Kier molecular flexibility index (Phi) is 4.20. The molecule has 84 valence electrons. The number of benzene rings is 1. The SMILES string of the molecule is CCOC(=O)c1ccc(C=C[N+](=O)[O-])cc1. The second-order valence-corrected chi connectivity index (χ2v) is 2.94. The van der Waals surface area contributed by atoms with E-state index in [1.807, 2.05) is 0 Å². The highest BCUT2D eigenvalue weighted by Crippen LogP contribution is 2.07. The molecule has 0 saturated heterocycles. The first-order chi connectivity index (χ1) is 7.63. The molecule has 0 N–H and O–H groups in total. The second kappa shape index (κ2) is 5.65. The molecule has 0 spiro atoms. The normalized spacial score (nSPS) is 10.3. The van der Waals surface area contributed by atoms with Crippen molar-refractivity contribution in [1.82, 2.24) is 0 Å². The van der Waals surface area contributed by atoms with E-state index in [1.165, 1.54) is 6.08 Å². The summed E-state index contributed by atoms with van der Waals surface area (Å²) >= 11 is 0. The van der Waals surface area contributed by atoms with Gasteiger partial charge in [-0.3, -0.25) is 10.1 Å². The summed E-state index contributed by atoms with van der Waals surface area (Å²) in [6, 6.07) is 6.37. The molecule has 0 saturated carbocycles. The van der Waals surface area contributed by atoms with Crippen molar-refractivity contribution in [2.45, 2.75) is 6.92 Å². The zero-order valence-electron chi connectivity index (χ0n) is 8.75. The van der Waals surface area contributed by atoms with Gasteiger partial charge in [-0.05, 0) is 24.6 Å². The van der Waals surface area contributed by atoms with E-state index in [2.05, 4.69) is 0 Å². The number of carbonyl (C=O) groups is 1. The quantitative estimate of drug-likeness (QED) is 0.443. The Labute approximate surface area is 92.5 Å². The van der Waals surface area contributed by atoms with Crippen LogP contribution in [-0.4, -0.2) is 17.5 Å². The molecule has 5 nitrogen and oxygen atoms in total. The first kappa shape index (κ1) is 11.9. The van der Waals surface area contributed by atoms with Gasteiger partial charge in [-0.25, -0.2) is 4.79 Å². The van der Waals surface area contributed by atoms with Crippen molar-refractivity contribution in [1.29, 1.82) is 0 Å². The first-order valence-corrected chi connectivity index (χ1v) is 4.72. The molecule has 0 atom stereocenters. The maximum absolute atomic E-state index is 11.3.